The summed E-state index contributed by atoms with van der Waals surface area (Å²) >= 11 is 0. The first kappa shape index (κ1) is 33.9. The van der Waals surface area contributed by atoms with Gasteiger partial charge in [0.05, 0.1) is 27.9 Å². The van der Waals surface area contributed by atoms with Gasteiger partial charge in [-0.3, -0.25) is 0 Å². The van der Waals surface area contributed by atoms with Crippen molar-refractivity contribution in [1.82, 2.24) is 4.57 Å². The largest absolute Gasteiger partial charge is 0.310 e. The number of benzene rings is 11. The van der Waals surface area contributed by atoms with Gasteiger partial charge in [-0.2, -0.15) is 0 Å². The molecule has 0 bridgehead atoms. The van der Waals surface area contributed by atoms with E-state index in [1.807, 2.05) is 108 Å². The van der Waals surface area contributed by atoms with Crippen molar-refractivity contribution in [3.05, 3.63) is 261 Å². The number of hydrogen-bond donors (Lipinski definition) is 0. The second kappa shape index (κ2) is 16.2. The van der Waals surface area contributed by atoms with E-state index in [4.69, 9.17) is 0 Å². The van der Waals surface area contributed by atoms with Crippen LogP contribution in [0.15, 0.2) is 261 Å². The highest BCUT2D eigenvalue weighted by Crippen LogP contribution is 2.45. The molecular weight excluding hydrogens is 787 g/mol. The van der Waals surface area contributed by atoms with Crippen molar-refractivity contribution in [3.8, 4) is 27.9 Å². The van der Waals surface area contributed by atoms with E-state index in [0.29, 0.717) is 5.56 Å². The fraction of sp³-hybridized carbons (Fsp3) is 0. The first-order valence-electron chi connectivity index (χ1n) is 23.9. The molecule has 0 radical (unpaired) electrons. The minimum absolute atomic E-state index is 0.102. The lowest BCUT2D eigenvalue weighted by Crippen LogP contribution is -2.11. The molecule has 0 fully saturated rings. The molecule has 0 spiro atoms. The fourth-order valence-corrected chi connectivity index (χ4v) is 9.37. The molecule has 1 heterocycles. The Morgan fingerprint density at radius 2 is 0.892 bits per heavy atom. The maximum Gasteiger partial charge on any atom is 0.0645 e. The van der Waals surface area contributed by atoms with Crippen LogP contribution in [-0.2, 0) is 0 Å². The van der Waals surface area contributed by atoms with E-state index in [-0.39, 0.29) is 35.4 Å². The monoisotopic (exact) mass is 833 g/mol. The molecule has 0 saturated carbocycles. The average molecular weight is 834 g/mol. The molecule has 0 aliphatic carbocycles. The van der Waals surface area contributed by atoms with Crippen LogP contribution in [0.5, 0.6) is 0 Å². The molecule has 11 aromatic carbocycles. The van der Waals surface area contributed by atoms with E-state index in [9.17, 15) is 5.48 Å². The molecule has 0 aliphatic rings. The quantitative estimate of drug-likeness (QED) is 0.144. The number of hydrogen-bond acceptors (Lipinski definition) is 2. The van der Waals surface area contributed by atoms with Crippen molar-refractivity contribution in [2.24, 2.45) is 0 Å². The summed E-state index contributed by atoms with van der Waals surface area (Å²) in [5.41, 5.74) is 11.1. The van der Waals surface area contributed by atoms with Gasteiger partial charge in [0.2, 0.25) is 0 Å². The van der Waals surface area contributed by atoms with Crippen molar-refractivity contribution < 1.29 is 5.48 Å². The summed E-state index contributed by atoms with van der Waals surface area (Å²) in [6.07, 6.45) is 0. The molecule has 3 nitrogen and oxygen atoms in total. The third kappa shape index (κ3) is 6.87. The lowest BCUT2D eigenvalue weighted by molar-refractivity contribution is 1.18. The number of aromatic nitrogens is 1. The lowest BCUT2D eigenvalue weighted by Gasteiger charge is -2.28. The van der Waals surface area contributed by atoms with Gasteiger partial charge in [-0.25, -0.2) is 0 Å². The molecule has 0 unspecified atom stereocenters. The van der Waals surface area contributed by atoms with Gasteiger partial charge in [-0.1, -0.05) is 176 Å². The van der Waals surface area contributed by atoms with Crippen LogP contribution in [0.2, 0.25) is 0 Å². The first-order chi connectivity index (χ1) is 33.9. The smallest absolute Gasteiger partial charge is 0.0645 e. The Morgan fingerprint density at radius 3 is 1.72 bits per heavy atom. The van der Waals surface area contributed by atoms with Crippen LogP contribution < -0.4 is 9.80 Å². The number of nitrogens with zero attached hydrogens (tertiary/aromatic N) is 3. The third-order valence-corrected chi connectivity index (χ3v) is 12.4. The van der Waals surface area contributed by atoms with Crippen molar-refractivity contribution in [2.45, 2.75) is 0 Å². The summed E-state index contributed by atoms with van der Waals surface area (Å²) in [6, 6.07) is 80.4. The van der Waals surface area contributed by atoms with E-state index in [1.54, 1.807) is 0 Å². The molecule has 12 aromatic rings. The second-order valence-corrected chi connectivity index (χ2v) is 16.2. The molecule has 0 N–H and O–H groups in total. The summed E-state index contributed by atoms with van der Waals surface area (Å²) < 4.78 is 40.5. The van der Waals surface area contributed by atoms with Gasteiger partial charge in [0.15, 0.2) is 0 Å². The molecule has 65 heavy (non-hydrogen) atoms. The van der Waals surface area contributed by atoms with Crippen LogP contribution in [0, 0.1) is 0 Å². The first-order valence-corrected chi connectivity index (χ1v) is 21.9. The standard InChI is InChI=1S/C62H43N3/c1-4-17-45(18-5-1)55-26-12-14-28-59(55)64(54-39-40-58-57-27-13-15-29-61(57)65(62(58)43-54)51-23-8-3-9-24-51)53-38-35-48-41-47(31-32-49(48)42-53)44-33-36-52(37-34-44)63(50-21-6-2-7-22-50)60-30-16-20-46-19-10-11-25-56(46)60/h1-43H/i33D,34D,36D,37D. The number of para-hydroxylation sites is 4. The highest BCUT2D eigenvalue weighted by molar-refractivity contribution is 6.11. The molecule has 306 valence electrons. The molecule has 0 amide bonds. The molecule has 0 aliphatic heterocycles. The Hall–Kier alpha value is -8.66. The number of fused-ring (bicyclic) bond motifs is 5. The average Bonchev–Trinajstić information content (AvgIpc) is 3.74. The molecule has 1 aromatic heterocycles. The highest BCUT2D eigenvalue weighted by atomic mass is 15.2. The Labute approximate surface area is 384 Å². The summed E-state index contributed by atoms with van der Waals surface area (Å²) in [5, 5.41) is 6.20. The van der Waals surface area contributed by atoms with E-state index in [0.717, 1.165) is 77.8 Å². The van der Waals surface area contributed by atoms with Crippen LogP contribution >= 0.6 is 0 Å². The van der Waals surface area contributed by atoms with Gasteiger partial charge in [0.1, 0.15) is 0 Å². The molecule has 0 saturated heterocycles. The predicted octanol–water partition coefficient (Wildman–Crippen LogP) is 17.4. The molecule has 3 heteroatoms. The van der Waals surface area contributed by atoms with Crippen LogP contribution in [0.4, 0.5) is 34.1 Å². The zero-order valence-electron chi connectivity index (χ0n) is 39.4. The van der Waals surface area contributed by atoms with Crippen LogP contribution in [0.1, 0.15) is 5.48 Å². The Bertz CT molecular complexity index is 3870. The second-order valence-electron chi connectivity index (χ2n) is 16.2. The minimum Gasteiger partial charge on any atom is -0.310 e. The van der Waals surface area contributed by atoms with Crippen molar-refractivity contribution in [2.75, 3.05) is 9.80 Å². The predicted molar refractivity (Wildman–Crippen MR) is 276 cm³/mol. The summed E-state index contributed by atoms with van der Waals surface area (Å²) in [4.78, 5) is 4.19. The van der Waals surface area contributed by atoms with Crippen molar-refractivity contribution >= 4 is 77.5 Å². The lowest BCUT2D eigenvalue weighted by atomic mass is 9.99. The molecule has 12 rings (SSSR count). The van der Waals surface area contributed by atoms with E-state index in [2.05, 4.69) is 143 Å². The van der Waals surface area contributed by atoms with Gasteiger partial charge in [-0.15, -0.1) is 0 Å². The third-order valence-electron chi connectivity index (χ3n) is 12.4. The molecular formula is C62H43N3. The van der Waals surface area contributed by atoms with Gasteiger partial charge >= 0.3 is 0 Å². The Morgan fingerprint density at radius 1 is 0.308 bits per heavy atom. The van der Waals surface area contributed by atoms with Crippen LogP contribution in [0.3, 0.4) is 0 Å². The van der Waals surface area contributed by atoms with Gasteiger partial charge < -0.3 is 14.4 Å². The Kier molecular flexibility index (Phi) is 8.47. The van der Waals surface area contributed by atoms with E-state index >= 15 is 0 Å². The minimum atomic E-state index is -0.116. The van der Waals surface area contributed by atoms with Crippen molar-refractivity contribution in [3.63, 3.8) is 0 Å². The van der Waals surface area contributed by atoms with Crippen LogP contribution in [0.25, 0.3) is 71.3 Å². The van der Waals surface area contributed by atoms with E-state index < -0.39 is 0 Å². The topological polar surface area (TPSA) is 11.4 Å². The summed E-state index contributed by atoms with van der Waals surface area (Å²) in [5.74, 6) is 0. The molecule has 0 atom stereocenters. The normalized spacial score (nSPS) is 12.2. The Balaban J connectivity index is 1.00. The maximum atomic E-state index is 9.55. The SMILES string of the molecule is [2H]c1c([2H])c(N(c2ccccc2)c2cccc3ccccc23)c([2H])c([2H])c1-c1ccc2cc(N(c3ccc4c5ccccc5n(-c5ccccc5)c4c3)c3ccccc3-c3ccccc3)ccc2c1. The van der Waals surface area contributed by atoms with Gasteiger partial charge in [0.25, 0.3) is 0 Å². The zero-order chi connectivity index (χ0) is 46.6. The fourth-order valence-electron chi connectivity index (χ4n) is 9.37. The maximum absolute atomic E-state index is 9.55. The zero-order valence-corrected chi connectivity index (χ0v) is 35.4. The van der Waals surface area contributed by atoms with Crippen molar-refractivity contribution in [1.29, 1.82) is 0 Å². The van der Waals surface area contributed by atoms with Gasteiger partial charge in [-0.05, 0) is 118 Å². The number of anilines is 6. The summed E-state index contributed by atoms with van der Waals surface area (Å²) in [6.45, 7) is 0. The van der Waals surface area contributed by atoms with Gasteiger partial charge in [0, 0.05) is 50.2 Å². The number of rotatable bonds is 9. The van der Waals surface area contributed by atoms with E-state index in [1.165, 1.54) is 10.8 Å². The van der Waals surface area contributed by atoms with Crippen LogP contribution in [-0.4, -0.2) is 4.57 Å². The highest BCUT2D eigenvalue weighted by Gasteiger charge is 2.21. The summed E-state index contributed by atoms with van der Waals surface area (Å²) in [7, 11) is 0.